The van der Waals surface area contributed by atoms with E-state index in [2.05, 4.69) is 27.5 Å². The molecule has 0 bridgehead atoms. The SMILES string of the molecule is CCCCc1ccc(CN(CC2CC2)S(C)(=O)=O)c(=O)n1Cc1ccc(-c2ccccc2-c2nn[nH]n2)cc1. The third kappa shape index (κ3) is 6.51. The van der Waals surface area contributed by atoms with Gasteiger partial charge in [0.2, 0.25) is 15.8 Å². The Morgan fingerprint density at radius 1 is 1.03 bits per heavy atom. The van der Waals surface area contributed by atoms with Gasteiger partial charge in [0.05, 0.1) is 12.8 Å². The van der Waals surface area contributed by atoms with Gasteiger partial charge in [-0.3, -0.25) is 4.79 Å². The number of unbranched alkanes of at least 4 members (excludes halogenated alkanes) is 1. The van der Waals surface area contributed by atoms with Crippen molar-refractivity contribution in [3.05, 3.63) is 87.8 Å². The lowest BCUT2D eigenvalue weighted by atomic mass is 9.98. The van der Waals surface area contributed by atoms with E-state index in [-0.39, 0.29) is 12.1 Å². The standard InChI is InChI=1S/C29H34N6O3S/c1-3-4-7-25-17-16-24(20-34(39(2,37)38)18-21-10-11-21)29(36)35(25)19-22-12-14-23(15-13-22)26-8-5-6-9-27(26)28-30-32-33-31-28/h5-6,8-9,12-17,21H,3-4,7,10-11,18-20H2,1-2H3,(H,30,31,32,33). The summed E-state index contributed by atoms with van der Waals surface area (Å²) in [5, 5.41) is 14.4. The lowest BCUT2D eigenvalue weighted by Crippen LogP contribution is -2.35. The normalized spacial score (nSPS) is 13.7. The number of benzene rings is 2. The molecule has 1 aliphatic carbocycles. The number of nitrogens with zero attached hydrogens (tertiary/aromatic N) is 5. The summed E-state index contributed by atoms with van der Waals surface area (Å²) in [5.41, 5.74) is 5.22. The summed E-state index contributed by atoms with van der Waals surface area (Å²) < 4.78 is 28.2. The summed E-state index contributed by atoms with van der Waals surface area (Å²) in [7, 11) is -3.41. The van der Waals surface area contributed by atoms with E-state index in [9.17, 15) is 13.2 Å². The molecular formula is C29H34N6O3S. The number of nitrogens with one attached hydrogen (secondary N) is 1. The largest absolute Gasteiger partial charge is 0.308 e. The zero-order valence-electron chi connectivity index (χ0n) is 22.4. The fourth-order valence-electron chi connectivity index (χ4n) is 4.81. The first-order valence-corrected chi connectivity index (χ1v) is 15.3. The molecule has 1 aliphatic rings. The van der Waals surface area contributed by atoms with Gasteiger partial charge in [0.1, 0.15) is 0 Å². The van der Waals surface area contributed by atoms with E-state index in [1.807, 2.05) is 65.2 Å². The molecule has 39 heavy (non-hydrogen) atoms. The van der Waals surface area contributed by atoms with Crippen molar-refractivity contribution in [3.8, 4) is 22.5 Å². The van der Waals surface area contributed by atoms with Gasteiger partial charge in [-0.05, 0) is 59.6 Å². The summed E-state index contributed by atoms with van der Waals surface area (Å²) in [6.45, 7) is 3.13. The first-order chi connectivity index (χ1) is 18.8. The molecule has 0 aliphatic heterocycles. The molecule has 0 saturated heterocycles. The minimum Gasteiger partial charge on any atom is -0.308 e. The molecule has 0 radical (unpaired) electrons. The van der Waals surface area contributed by atoms with Crippen LogP contribution in [0.2, 0.25) is 0 Å². The second kappa shape index (κ2) is 11.6. The number of sulfonamides is 1. The van der Waals surface area contributed by atoms with Crippen molar-refractivity contribution in [1.29, 1.82) is 0 Å². The number of aromatic nitrogens is 5. The van der Waals surface area contributed by atoms with Gasteiger partial charge < -0.3 is 4.57 Å². The quantitative estimate of drug-likeness (QED) is 0.284. The van der Waals surface area contributed by atoms with E-state index in [0.717, 1.165) is 60.1 Å². The van der Waals surface area contributed by atoms with Crippen molar-refractivity contribution >= 4 is 10.0 Å². The van der Waals surface area contributed by atoms with Crippen molar-refractivity contribution < 1.29 is 8.42 Å². The van der Waals surface area contributed by atoms with Crippen LogP contribution in [0.3, 0.4) is 0 Å². The minimum atomic E-state index is -3.41. The van der Waals surface area contributed by atoms with E-state index in [0.29, 0.717) is 30.4 Å². The van der Waals surface area contributed by atoms with Crippen LogP contribution < -0.4 is 5.56 Å². The molecule has 0 unspecified atom stereocenters. The van der Waals surface area contributed by atoms with Crippen LogP contribution in [0.5, 0.6) is 0 Å². The Bertz CT molecular complexity index is 1580. The van der Waals surface area contributed by atoms with Gasteiger partial charge in [-0.15, -0.1) is 10.2 Å². The topological polar surface area (TPSA) is 114 Å². The van der Waals surface area contributed by atoms with Crippen LogP contribution in [0.15, 0.2) is 65.5 Å². The van der Waals surface area contributed by atoms with E-state index in [1.54, 1.807) is 0 Å². The van der Waals surface area contributed by atoms with Crippen LogP contribution in [0.4, 0.5) is 0 Å². The van der Waals surface area contributed by atoms with Crippen LogP contribution in [-0.4, -0.2) is 50.7 Å². The predicted octanol–water partition coefficient (Wildman–Crippen LogP) is 4.26. The number of pyridine rings is 1. The second-order valence-electron chi connectivity index (χ2n) is 10.3. The molecule has 2 aromatic heterocycles. The summed E-state index contributed by atoms with van der Waals surface area (Å²) in [6.07, 6.45) is 6.10. The van der Waals surface area contributed by atoms with Crippen LogP contribution in [-0.2, 0) is 29.5 Å². The molecule has 5 rings (SSSR count). The Balaban J connectivity index is 1.43. The summed E-state index contributed by atoms with van der Waals surface area (Å²) in [6, 6.07) is 19.8. The molecule has 0 amide bonds. The first kappa shape index (κ1) is 27.0. The van der Waals surface area contributed by atoms with Gasteiger partial charge in [-0.1, -0.05) is 67.9 Å². The van der Waals surface area contributed by atoms with Crippen LogP contribution in [0.25, 0.3) is 22.5 Å². The lowest BCUT2D eigenvalue weighted by molar-refractivity contribution is 0.392. The average Bonchev–Trinajstić information content (AvgIpc) is 3.58. The van der Waals surface area contributed by atoms with Gasteiger partial charge >= 0.3 is 0 Å². The summed E-state index contributed by atoms with van der Waals surface area (Å²) in [5.74, 6) is 0.929. The second-order valence-corrected chi connectivity index (χ2v) is 12.3. The molecule has 9 nitrogen and oxygen atoms in total. The molecule has 2 heterocycles. The van der Waals surface area contributed by atoms with Gasteiger partial charge in [0, 0.05) is 29.9 Å². The third-order valence-electron chi connectivity index (χ3n) is 7.22. The fraction of sp³-hybridized carbons (Fsp3) is 0.379. The average molecular weight is 547 g/mol. The highest BCUT2D eigenvalue weighted by Crippen LogP contribution is 2.31. The van der Waals surface area contributed by atoms with Crippen molar-refractivity contribution in [1.82, 2.24) is 29.5 Å². The van der Waals surface area contributed by atoms with Crippen molar-refractivity contribution in [2.75, 3.05) is 12.8 Å². The number of aryl methyl sites for hydroxylation is 1. The number of hydrogen-bond donors (Lipinski definition) is 1. The maximum atomic E-state index is 13.7. The molecule has 2 aromatic carbocycles. The fourth-order valence-corrected chi connectivity index (χ4v) is 5.66. The number of aromatic amines is 1. The molecule has 1 saturated carbocycles. The zero-order valence-corrected chi connectivity index (χ0v) is 23.2. The number of rotatable bonds is 12. The summed E-state index contributed by atoms with van der Waals surface area (Å²) in [4.78, 5) is 13.7. The molecule has 10 heteroatoms. The molecule has 1 N–H and O–H groups in total. The molecule has 0 spiro atoms. The monoisotopic (exact) mass is 546 g/mol. The molecule has 4 aromatic rings. The van der Waals surface area contributed by atoms with E-state index in [1.165, 1.54) is 10.6 Å². The zero-order chi connectivity index (χ0) is 27.4. The number of hydrogen-bond acceptors (Lipinski definition) is 6. The van der Waals surface area contributed by atoms with Gasteiger partial charge in [-0.25, -0.2) is 8.42 Å². The van der Waals surface area contributed by atoms with Crippen LogP contribution in [0.1, 0.15) is 49.4 Å². The maximum absolute atomic E-state index is 13.7. The van der Waals surface area contributed by atoms with Crippen molar-refractivity contribution in [2.45, 2.75) is 52.1 Å². The van der Waals surface area contributed by atoms with Gasteiger partial charge in [-0.2, -0.15) is 9.52 Å². The highest BCUT2D eigenvalue weighted by molar-refractivity contribution is 7.88. The first-order valence-electron chi connectivity index (χ1n) is 13.4. The molecular weight excluding hydrogens is 512 g/mol. The van der Waals surface area contributed by atoms with E-state index >= 15 is 0 Å². The van der Waals surface area contributed by atoms with Crippen molar-refractivity contribution in [2.24, 2.45) is 5.92 Å². The Labute approximate surface area is 228 Å². The molecule has 0 atom stereocenters. The number of H-pyrrole nitrogens is 1. The van der Waals surface area contributed by atoms with Crippen molar-refractivity contribution in [3.63, 3.8) is 0 Å². The van der Waals surface area contributed by atoms with E-state index < -0.39 is 10.0 Å². The Morgan fingerprint density at radius 2 is 1.77 bits per heavy atom. The van der Waals surface area contributed by atoms with Crippen LogP contribution in [0, 0.1) is 5.92 Å². The highest BCUT2D eigenvalue weighted by Gasteiger charge is 2.29. The molecule has 1 fully saturated rings. The Hall–Kier alpha value is -3.63. The maximum Gasteiger partial charge on any atom is 0.255 e. The third-order valence-corrected chi connectivity index (χ3v) is 8.44. The summed E-state index contributed by atoms with van der Waals surface area (Å²) >= 11 is 0. The minimum absolute atomic E-state index is 0.105. The van der Waals surface area contributed by atoms with E-state index in [4.69, 9.17) is 0 Å². The highest BCUT2D eigenvalue weighted by atomic mass is 32.2. The lowest BCUT2D eigenvalue weighted by Gasteiger charge is -2.21. The Morgan fingerprint density at radius 3 is 2.41 bits per heavy atom. The van der Waals surface area contributed by atoms with Crippen LogP contribution >= 0.6 is 0 Å². The molecule has 204 valence electrons. The predicted molar refractivity (Wildman–Crippen MR) is 151 cm³/mol. The van der Waals surface area contributed by atoms with Gasteiger partial charge in [0.15, 0.2) is 0 Å². The number of tetrazole rings is 1. The smallest absolute Gasteiger partial charge is 0.255 e. The van der Waals surface area contributed by atoms with Gasteiger partial charge in [0.25, 0.3) is 5.56 Å². The Kier molecular flexibility index (Phi) is 8.04.